The van der Waals surface area contributed by atoms with Crippen LogP contribution in [0.5, 0.6) is 0 Å². The number of anilines is 1. The molecule has 0 bridgehead atoms. The molecule has 0 aliphatic heterocycles. The monoisotopic (exact) mass is 351 g/mol. The van der Waals surface area contributed by atoms with Crippen molar-refractivity contribution in [1.29, 1.82) is 5.26 Å². The molecule has 2 aromatic carbocycles. The average Bonchev–Trinajstić information content (AvgIpc) is 2.56. The van der Waals surface area contributed by atoms with Crippen LogP contribution in [0.2, 0.25) is 0 Å². The molecule has 0 saturated carbocycles. The van der Waals surface area contributed by atoms with Crippen LogP contribution >= 0.6 is 12.2 Å². The summed E-state index contributed by atoms with van der Waals surface area (Å²) in [5, 5.41) is 15.8. The van der Waals surface area contributed by atoms with Crippen LogP contribution in [0.15, 0.2) is 48.5 Å². The zero-order valence-corrected chi connectivity index (χ0v) is 16.1. The molecule has 4 heteroatoms. The molecule has 2 N–H and O–H groups in total. The van der Waals surface area contributed by atoms with Crippen molar-refractivity contribution in [2.45, 2.75) is 45.6 Å². The Bertz CT molecular complexity index is 750. The van der Waals surface area contributed by atoms with Gasteiger partial charge in [-0.3, -0.25) is 0 Å². The third-order valence-corrected chi connectivity index (χ3v) is 4.34. The van der Waals surface area contributed by atoms with Crippen molar-refractivity contribution in [3.63, 3.8) is 0 Å². The van der Waals surface area contributed by atoms with Crippen molar-refractivity contribution in [3.05, 3.63) is 65.2 Å². The first kappa shape index (κ1) is 19.0. The summed E-state index contributed by atoms with van der Waals surface area (Å²) in [6, 6.07) is 18.7. The van der Waals surface area contributed by atoms with Crippen LogP contribution in [0.4, 0.5) is 5.69 Å². The molecule has 0 fully saturated rings. The minimum absolute atomic E-state index is 0.117. The van der Waals surface area contributed by atoms with Gasteiger partial charge in [0.1, 0.15) is 0 Å². The number of benzene rings is 2. The zero-order valence-electron chi connectivity index (χ0n) is 15.3. The summed E-state index contributed by atoms with van der Waals surface area (Å²) < 4.78 is 0. The van der Waals surface area contributed by atoms with Gasteiger partial charge in [0.25, 0.3) is 0 Å². The van der Waals surface area contributed by atoms with Gasteiger partial charge in [0, 0.05) is 5.69 Å². The quantitative estimate of drug-likeness (QED) is 0.753. The van der Waals surface area contributed by atoms with Crippen molar-refractivity contribution >= 4 is 23.0 Å². The number of rotatable bonds is 4. The predicted molar refractivity (Wildman–Crippen MR) is 109 cm³/mol. The summed E-state index contributed by atoms with van der Waals surface area (Å²) in [6.45, 7) is 8.73. The van der Waals surface area contributed by atoms with Gasteiger partial charge in [0.2, 0.25) is 0 Å². The van der Waals surface area contributed by atoms with Gasteiger partial charge in [-0.25, -0.2) is 0 Å². The van der Waals surface area contributed by atoms with E-state index >= 15 is 0 Å². The summed E-state index contributed by atoms with van der Waals surface area (Å²) in [4.78, 5) is 0. The fourth-order valence-electron chi connectivity index (χ4n) is 2.52. The zero-order chi connectivity index (χ0) is 18.4. The Morgan fingerprint density at radius 3 is 2.20 bits per heavy atom. The molecule has 3 nitrogen and oxygen atoms in total. The Hall–Kier alpha value is -2.38. The molecule has 0 heterocycles. The molecule has 25 heavy (non-hydrogen) atoms. The van der Waals surface area contributed by atoms with E-state index in [2.05, 4.69) is 68.7 Å². The van der Waals surface area contributed by atoms with Crippen LogP contribution in [-0.2, 0) is 11.8 Å². The molecule has 0 spiro atoms. The van der Waals surface area contributed by atoms with E-state index in [1.807, 2.05) is 24.3 Å². The third kappa shape index (κ3) is 5.58. The van der Waals surface area contributed by atoms with E-state index < -0.39 is 0 Å². The number of nitrogens with zero attached hydrogens (tertiary/aromatic N) is 1. The summed E-state index contributed by atoms with van der Waals surface area (Å²) in [5.41, 5.74) is 4.58. The van der Waals surface area contributed by atoms with E-state index in [0.29, 0.717) is 11.5 Å². The van der Waals surface area contributed by atoms with E-state index in [9.17, 15) is 0 Å². The second kappa shape index (κ2) is 8.13. The smallest absolute Gasteiger partial charge is 0.171 e. The molecule has 0 aliphatic carbocycles. The minimum Gasteiger partial charge on any atom is -0.356 e. The number of hydrogen-bond acceptors (Lipinski definition) is 2. The number of nitrogens with one attached hydrogen (secondary N) is 2. The highest BCUT2D eigenvalue weighted by atomic mass is 32.1. The number of nitriles is 1. The Labute approximate surface area is 156 Å². The van der Waals surface area contributed by atoms with Gasteiger partial charge < -0.3 is 10.6 Å². The van der Waals surface area contributed by atoms with Crippen molar-refractivity contribution in [3.8, 4) is 6.07 Å². The van der Waals surface area contributed by atoms with Crippen LogP contribution in [-0.4, -0.2) is 5.11 Å². The maximum absolute atomic E-state index is 8.71. The van der Waals surface area contributed by atoms with Crippen molar-refractivity contribution in [2.24, 2.45) is 0 Å². The Balaban J connectivity index is 1.94. The van der Waals surface area contributed by atoms with Crippen LogP contribution in [0.3, 0.4) is 0 Å². The molecule has 0 aromatic heterocycles. The molecule has 0 radical (unpaired) electrons. The fraction of sp³-hybridized carbons (Fsp3) is 0.333. The fourth-order valence-corrected chi connectivity index (χ4v) is 2.81. The Morgan fingerprint density at radius 1 is 1.08 bits per heavy atom. The van der Waals surface area contributed by atoms with Crippen LogP contribution in [0.1, 0.15) is 50.4 Å². The molecule has 0 aliphatic rings. The van der Waals surface area contributed by atoms with Gasteiger partial charge in [-0.15, -0.1) is 0 Å². The molecule has 1 atom stereocenters. The number of hydrogen-bond donors (Lipinski definition) is 2. The highest BCUT2D eigenvalue weighted by Crippen LogP contribution is 2.24. The lowest BCUT2D eigenvalue weighted by Gasteiger charge is -2.21. The SMILES string of the molecule is C[C@H](NC(=S)Nc1ccc(CC#N)cc1)c1ccc(C(C)(C)C)cc1. The van der Waals surface area contributed by atoms with E-state index in [0.717, 1.165) is 11.3 Å². The van der Waals surface area contributed by atoms with Crippen LogP contribution < -0.4 is 10.6 Å². The first-order chi connectivity index (χ1) is 11.8. The van der Waals surface area contributed by atoms with Gasteiger partial charge in [-0.05, 0) is 53.4 Å². The van der Waals surface area contributed by atoms with Gasteiger partial charge >= 0.3 is 0 Å². The largest absolute Gasteiger partial charge is 0.356 e. The topological polar surface area (TPSA) is 47.8 Å². The Morgan fingerprint density at radius 2 is 1.68 bits per heavy atom. The van der Waals surface area contributed by atoms with Crippen molar-refractivity contribution < 1.29 is 0 Å². The lowest BCUT2D eigenvalue weighted by molar-refractivity contribution is 0.589. The van der Waals surface area contributed by atoms with Crippen LogP contribution in [0.25, 0.3) is 0 Å². The Kier molecular flexibility index (Phi) is 6.17. The molecule has 0 amide bonds. The minimum atomic E-state index is 0.117. The summed E-state index contributed by atoms with van der Waals surface area (Å²) in [6.07, 6.45) is 0.421. The normalized spacial score (nSPS) is 12.1. The van der Waals surface area contributed by atoms with Crippen molar-refractivity contribution in [2.75, 3.05) is 5.32 Å². The molecular weight excluding hydrogens is 326 g/mol. The molecule has 0 unspecified atom stereocenters. The van der Waals surface area contributed by atoms with E-state index in [-0.39, 0.29) is 11.5 Å². The lowest BCUT2D eigenvalue weighted by atomic mass is 9.86. The molecule has 2 rings (SSSR count). The lowest BCUT2D eigenvalue weighted by Crippen LogP contribution is -2.30. The van der Waals surface area contributed by atoms with Gasteiger partial charge in [0.05, 0.1) is 18.5 Å². The third-order valence-electron chi connectivity index (χ3n) is 4.12. The van der Waals surface area contributed by atoms with E-state index in [1.165, 1.54) is 11.1 Å². The first-order valence-corrected chi connectivity index (χ1v) is 8.84. The average molecular weight is 352 g/mol. The molecule has 2 aromatic rings. The van der Waals surface area contributed by atoms with Gasteiger partial charge in [0.15, 0.2) is 5.11 Å². The highest BCUT2D eigenvalue weighted by Gasteiger charge is 2.14. The van der Waals surface area contributed by atoms with E-state index in [4.69, 9.17) is 17.5 Å². The second-order valence-corrected chi connectivity index (χ2v) is 7.63. The molecule has 130 valence electrons. The highest BCUT2D eigenvalue weighted by molar-refractivity contribution is 7.80. The maximum atomic E-state index is 8.71. The number of thiocarbonyl (C=S) groups is 1. The molecule has 0 saturated heterocycles. The first-order valence-electron chi connectivity index (χ1n) is 8.43. The summed E-state index contributed by atoms with van der Waals surface area (Å²) in [7, 11) is 0. The standard InChI is InChI=1S/C21H25N3S/c1-15(17-7-9-18(10-8-17)21(2,3)4)23-20(25)24-19-11-5-16(6-12-19)13-14-22/h5-12,15H,13H2,1-4H3,(H2,23,24,25)/t15-/m0/s1. The maximum Gasteiger partial charge on any atom is 0.171 e. The van der Waals surface area contributed by atoms with Gasteiger partial charge in [-0.2, -0.15) is 5.26 Å². The second-order valence-electron chi connectivity index (χ2n) is 7.22. The summed E-state index contributed by atoms with van der Waals surface area (Å²) >= 11 is 5.41. The van der Waals surface area contributed by atoms with E-state index in [1.54, 1.807) is 0 Å². The van der Waals surface area contributed by atoms with Crippen LogP contribution in [0, 0.1) is 11.3 Å². The summed E-state index contributed by atoms with van der Waals surface area (Å²) in [5.74, 6) is 0. The molecular formula is C21H25N3S. The van der Waals surface area contributed by atoms with Crippen molar-refractivity contribution in [1.82, 2.24) is 5.32 Å². The van der Waals surface area contributed by atoms with Gasteiger partial charge in [-0.1, -0.05) is 57.2 Å². The predicted octanol–water partition coefficient (Wildman–Crippen LogP) is 5.10.